The van der Waals surface area contributed by atoms with Gasteiger partial charge in [0.1, 0.15) is 0 Å². The van der Waals surface area contributed by atoms with Crippen LogP contribution in [-0.4, -0.2) is 21.5 Å². The van der Waals surface area contributed by atoms with Gasteiger partial charge in [0.25, 0.3) is 0 Å². The SMILES string of the molecule is CCNCc1cc(S(=O)(=O)NCC(C)C2CC2)cs1. The van der Waals surface area contributed by atoms with Crippen LogP contribution >= 0.6 is 11.3 Å². The molecule has 6 heteroatoms. The van der Waals surface area contributed by atoms with Crippen LogP contribution in [0.25, 0.3) is 0 Å². The second kappa shape index (κ2) is 6.35. The third kappa shape index (κ3) is 4.27. The van der Waals surface area contributed by atoms with Crippen molar-refractivity contribution in [1.82, 2.24) is 10.0 Å². The van der Waals surface area contributed by atoms with E-state index in [1.54, 1.807) is 11.4 Å². The Balaban J connectivity index is 1.92. The largest absolute Gasteiger partial charge is 0.312 e. The summed E-state index contributed by atoms with van der Waals surface area (Å²) < 4.78 is 27.0. The lowest BCUT2D eigenvalue weighted by atomic mass is 10.1. The van der Waals surface area contributed by atoms with Gasteiger partial charge in [-0.05, 0) is 37.3 Å². The zero-order valence-corrected chi connectivity index (χ0v) is 13.1. The van der Waals surface area contributed by atoms with Crippen LogP contribution in [0.2, 0.25) is 0 Å². The number of rotatable bonds is 8. The van der Waals surface area contributed by atoms with Crippen molar-refractivity contribution in [3.63, 3.8) is 0 Å². The summed E-state index contributed by atoms with van der Waals surface area (Å²) in [5.74, 6) is 1.16. The molecular weight excluding hydrogens is 280 g/mol. The molecule has 0 aliphatic heterocycles. The van der Waals surface area contributed by atoms with Gasteiger partial charge < -0.3 is 5.32 Å². The molecule has 108 valence electrons. The molecule has 1 aliphatic carbocycles. The van der Waals surface area contributed by atoms with E-state index in [1.165, 1.54) is 24.2 Å². The summed E-state index contributed by atoms with van der Waals surface area (Å²) in [5, 5.41) is 4.92. The van der Waals surface area contributed by atoms with Crippen LogP contribution in [-0.2, 0) is 16.6 Å². The smallest absolute Gasteiger partial charge is 0.241 e. The highest BCUT2D eigenvalue weighted by Crippen LogP contribution is 2.36. The van der Waals surface area contributed by atoms with Gasteiger partial charge in [0.05, 0.1) is 4.90 Å². The van der Waals surface area contributed by atoms with E-state index < -0.39 is 10.0 Å². The molecule has 0 saturated heterocycles. The Hall–Kier alpha value is -0.430. The fraction of sp³-hybridized carbons (Fsp3) is 0.692. The van der Waals surface area contributed by atoms with Gasteiger partial charge in [0.2, 0.25) is 10.0 Å². The Bertz CT molecular complexity index is 506. The summed E-state index contributed by atoms with van der Waals surface area (Å²) in [5.41, 5.74) is 0. The number of hydrogen-bond acceptors (Lipinski definition) is 4. The first-order chi connectivity index (χ1) is 9.03. The maximum absolute atomic E-state index is 12.1. The van der Waals surface area contributed by atoms with Gasteiger partial charge >= 0.3 is 0 Å². The van der Waals surface area contributed by atoms with Crippen molar-refractivity contribution in [2.45, 2.75) is 38.1 Å². The predicted octanol–water partition coefficient (Wildman–Crippen LogP) is 2.18. The molecule has 1 fully saturated rings. The summed E-state index contributed by atoms with van der Waals surface area (Å²) in [4.78, 5) is 1.45. The summed E-state index contributed by atoms with van der Waals surface area (Å²) >= 11 is 1.49. The molecule has 0 bridgehead atoms. The Kier molecular flexibility index (Phi) is 5.00. The maximum atomic E-state index is 12.1. The minimum absolute atomic E-state index is 0.397. The van der Waals surface area contributed by atoms with E-state index in [2.05, 4.69) is 17.0 Å². The second-order valence-corrected chi connectivity index (χ2v) is 7.96. The van der Waals surface area contributed by atoms with Gasteiger partial charge in [-0.1, -0.05) is 13.8 Å². The molecule has 2 rings (SSSR count). The molecule has 1 aliphatic rings. The summed E-state index contributed by atoms with van der Waals surface area (Å²) in [6.45, 7) is 6.31. The third-order valence-electron chi connectivity index (χ3n) is 3.51. The Morgan fingerprint density at radius 3 is 2.84 bits per heavy atom. The number of hydrogen-bond donors (Lipinski definition) is 2. The van der Waals surface area contributed by atoms with Crippen molar-refractivity contribution in [3.05, 3.63) is 16.3 Å². The molecule has 0 aromatic carbocycles. The van der Waals surface area contributed by atoms with E-state index in [0.717, 1.165) is 23.9 Å². The van der Waals surface area contributed by atoms with Gasteiger partial charge in [-0.15, -0.1) is 11.3 Å². The van der Waals surface area contributed by atoms with Gasteiger partial charge in [-0.2, -0.15) is 0 Å². The Labute approximate surface area is 119 Å². The molecule has 0 radical (unpaired) electrons. The van der Waals surface area contributed by atoms with Gasteiger partial charge in [0.15, 0.2) is 0 Å². The van der Waals surface area contributed by atoms with Crippen molar-refractivity contribution >= 4 is 21.4 Å². The van der Waals surface area contributed by atoms with Gasteiger partial charge in [-0.3, -0.25) is 0 Å². The van der Waals surface area contributed by atoms with Crippen molar-refractivity contribution < 1.29 is 8.42 Å². The lowest BCUT2D eigenvalue weighted by Crippen LogP contribution is -2.28. The number of sulfonamides is 1. The van der Waals surface area contributed by atoms with Crippen molar-refractivity contribution in [2.24, 2.45) is 11.8 Å². The zero-order chi connectivity index (χ0) is 13.9. The maximum Gasteiger partial charge on any atom is 0.241 e. The first-order valence-corrected chi connectivity index (χ1v) is 9.17. The molecule has 4 nitrogen and oxygen atoms in total. The molecule has 1 aromatic heterocycles. The van der Waals surface area contributed by atoms with E-state index in [1.807, 2.05) is 6.92 Å². The van der Waals surface area contributed by atoms with E-state index in [9.17, 15) is 8.42 Å². The van der Waals surface area contributed by atoms with Crippen LogP contribution in [0.1, 0.15) is 31.6 Å². The Morgan fingerprint density at radius 2 is 2.21 bits per heavy atom. The second-order valence-electron chi connectivity index (χ2n) is 5.20. The van der Waals surface area contributed by atoms with E-state index >= 15 is 0 Å². The minimum atomic E-state index is -3.33. The molecule has 1 saturated carbocycles. The highest BCUT2D eigenvalue weighted by atomic mass is 32.2. The van der Waals surface area contributed by atoms with E-state index in [0.29, 0.717) is 17.4 Å². The summed E-state index contributed by atoms with van der Waals surface area (Å²) in [6, 6.07) is 1.76. The van der Waals surface area contributed by atoms with Gasteiger partial charge in [0, 0.05) is 23.3 Å². The fourth-order valence-corrected chi connectivity index (χ4v) is 4.39. The van der Waals surface area contributed by atoms with E-state index in [-0.39, 0.29) is 0 Å². The van der Waals surface area contributed by atoms with Crippen LogP contribution in [0.3, 0.4) is 0 Å². The molecule has 19 heavy (non-hydrogen) atoms. The predicted molar refractivity (Wildman–Crippen MR) is 78.8 cm³/mol. The molecule has 0 amide bonds. The highest BCUT2D eigenvalue weighted by molar-refractivity contribution is 7.89. The van der Waals surface area contributed by atoms with Gasteiger partial charge in [-0.25, -0.2) is 13.1 Å². The molecule has 1 aromatic rings. The average Bonchev–Trinajstić information content (AvgIpc) is 3.12. The summed E-state index contributed by atoms with van der Waals surface area (Å²) in [7, 11) is -3.33. The van der Waals surface area contributed by atoms with Crippen LogP contribution in [0.5, 0.6) is 0 Å². The molecule has 2 N–H and O–H groups in total. The minimum Gasteiger partial charge on any atom is -0.312 e. The fourth-order valence-electron chi connectivity index (χ4n) is 2.00. The van der Waals surface area contributed by atoms with E-state index in [4.69, 9.17) is 0 Å². The lowest BCUT2D eigenvalue weighted by molar-refractivity contribution is 0.492. The highest BCUT2D eigenvalue weighted by Gasteiger charge is 2.28. The van der Waals surface area contributed by atoms with Crippen LogP contribution in [0, 0.1) is 11.8 Å². The Morgan fingerprint density at radius 1 is 1.47 bits per heavy atom. The van der Waals surface area contributed by atoms with Crippen molar-refractivity contribution in [3.8, 4) is 0 Å². The van der Waals surface area contributed by atoms with Crippen LogP contribution in [0.15, 0.2) is 16.3 Å². The summed E-state index contributed by atoms with van der Waals surface area (Å²) in [6.07, 6.45) is 2.49. The van der Waals surface area contributed by atoms with Crippen molar-refractivity contribution in [2.75, 3.05) is 13.1 Å². The lowest BCUT2D eigenvalue weighted by Gasteiger charge is -2.10. The average molecular weight is 302 g/mol. The monoisotopic (exact) mass is 302 g/mol. The molecular formula is C13H22N2O2S2. The number of thiophene rings is 1. The quantitative estimate of drug-likeness (QED) is 0.774. The van der Waals surface area contributed by atoms with Crippen molar-refractivity contribution in [1.29, 1.82) is 0 Å². The molecule has 1 unspecified atom stereocenters. The standard InChI is InChI=1S/C13H22N2O2S2/c1-3-14-8-12-6-13(9-18-12)19(16,17)15-7-10(2)11-4-5-11/h6,9-11,14-15H,3-5,7-8H2,1-2H3. The molecule has 1 atom stereocenters. The zero-order valence-electron chi connectivity index (χ0n) is 11.5. The molecule has 0 spiro atoms. The van der Waals surface area contributed by atoms with Crippen LogP contribution < -0.4 is 10.0 Å². The third-order valence-corrected chi connectivity index (χ3v) is 6.00. The normalized spacial score (nSPS) is 17.6. The number of nitrogens with one attached hydrogen (secondary N) is 2. The first kappa shape index (κ1) is 15.0. The van der Waals surface area contributed by atoms with Crippen LogP contribution in [0.4, 0.5) is 0 Å². The topological polar surface area (TPSA) is 58.2 Å². The first-order valence-electron chi connectivity index (χ1n) is 6.80. The molecule has 1 heterocycles.